The summed E-state index contributed by atoms with van der Waals surface area (Å²) in [5.41, 5.74) is 0. The maximum Gasteiger partial charge on any atom is 0.0224 e. The van der Waals surface area contributed by atoms with Crippen LogP contribution in [0.15, 0.2) is 0 Å². The molecule has 2 nitrogen and oxygen atoms in total. The molecule has 1 heterocycles. The SMILES string of the molecule is CCC1CNC(C2CC2)CN1C(C)CSC. The third-order valence-corrected chi connectivity index (χ3v) is 4.94. The van der Waals surface area contributed by atoms with Crippen LogP contribution in [0.1, 0.15) is 33.1 Å². The van der Waals surface area contributed by atoms with Gasteiger partial charge in [-0.1, -0.05) is 6.92 Å². The van der Waals surface area contributed by atoms with Crippen molar-refractivity contribution in [3.05, 3.63) is 0 Å². The van der Waals surface area contributed by atoms with Crippen molar-refractivity contribution in [2.24, 2.45) is 5.92 Å². The van der Waals surface area contributed by atoms with Crippen LogP contribution in [0.2, 0.25) is 0 Å². The summed E-state index contributed by atoms with van der Waals surface area (Å²) in [5, 5.41) is 3.76. The first-order valence-corrected chi connectivity index (χ1v) is 8.13. The number of thioether (sulfide) groups is 1. The summed E-state index contributed by atoms with van der Waals surface area (Å²) >= 11 is 1.98. The third-order valence-electron chi connectivity index (χ3n) is 4.13. The Bertz CT molecular complexity index is 218. The van der Waals surface area contributed by atoms with Gasteiger partial charge in [-0.3, -0.25) is 4.90 Å². The highest BCUT2D eigenvalue weighted by Crippen LogP contribution is 2.34. The van der Waals surface area contributed by atoms with Crippen molar-refractivity contribution in [3.63, 3.8) is 0 Å². The molecule has 0 radical (unpaired) electrons. The lowest BCUT2D eigenvalue weighted by Gasteiger charge is -2.43. The van der Waals surface area contributed by atoms with Crippen LogP contribution in [0, 0.1) is 5.92 Å². The van der Waals surface area contributed by atoms with Gasteiger partial charge in [0, 0.05) is 37.0 Å². The Labute approximate surface area is 105 Å². The fourth-order valence-corrected chi connectivity index (χ4v) is 3.59. The molecule has 0 bridgehead atoms. The molecule has 3 atom stereocenters. The van der Waals surface area contributed by atoms with Gasteiger partial charge in [0.2, 0.25) is 0 Å². The lowest BCUT2D eigenvalue weighted by atomic mass is 10.0. The second kappa shape index (κ2) is 5.74. The van der Waals surface area contributed by atoms with Crippen molar-refractivity contribution in [2.45, 2.75) is 51.2 Å². The molecule has 0 spiro atoms. The fourth-order valence-electron chi connectivity index (χ4n) is 2.92. The highest BCUT2D eigenvalue weighted by atomic mass is 32.2. The molecular formula is C13H26N2S. The van der Waals surface area contributed by atoms with E-state index in [9.17, 15) is 0 Å². The maximum atomic E-state index is 3.76. The summed E-state index contributed by atoms with van der Waals surface area (Å²) < 4.78 is 0. The van der Waals surface area contributed by atoms with Gasteiger partial charge >= 0.3 is 0 Å². The normalized spacial score (nSPS) is 33.9. The van der Waals surface area contributed by atoms with Gasteiger partial charge < -0.3 is 5.32 Å². The van der Waals surface area contributed by atoms with Crippen LogP contribution in [0.4, 0.5) is 0 Å². The Morgan fingerprint density at radius 1 is 1.44 bits per heavy atom. The minimum atomic E-state index is 0.739. The molecule has 1 N–H and O–H groups in total. The van der Waals surface area contributed by atoms with Crippen molar-refractivity contribution in [1.29, 1.82) is 0 Å². The first kappa shape index (κ1) is 12.7. The molecule has 1 aliphatic carbocycles. The van der Waals surface area contributed by atoms with E-state index in [1.165, 1.54) is 38.1 Å². The molecule has 2 rings (SSSR count). The topological polar surface area (TPSA) is 15.3 Å². The van der Waals surface area contributed by atoms with E-state index in [1.807, 2.05) is 11.8 Å². The number of piperazine rings is 1. The van der Waals surface area contributed by atoms with Crippen molar-refractivity contribution in [2.75, 3.05) is 25.1 Å². The van der Waals surface area contributed by atoms with Crippen molar-refractivity contribution >= 4 is 11.8 Å². The molecule has 0 aromatic heterocycles. The molecule has 1 saturated heterocycles. The second-order valence-electron chi connectivity index (χ2n) is 5.42. The van der Waals surface area contributed by atoms with E-state index in [4.69, 9.17) is 0 Å². The van der Waals surface area contributed by atoms with Crippen LogP contribution in [-0.2, 0) is 0 Å². The summed E-state index contributed by atoms with van der Waals surface area (Å²) in [6, 6.07) is 2.28. The molecule has 1 saturated carbocycles. The molecular weight excluding hydrogens is 216 g/mol. The van der Waals surface area contributed by atoms with Gasteiger partial charge in [0.1, 0.15) is 0 Å². The molecule has 0 amide bonds. The van der Waals surface area contributed by atoms with Gasteiger partial charge in [0.15, 0.2) is 0 Å². The Morgan fingerprint density at radius 2 is 2.19 bits per heavy atom. The van der Waals surface area contributed by atoms with Crippen molar-refractivity contribution in [1.82, 2.24) is 10.2 Å². The second-order valence-corrected chi connectivity index (χ2v) is 6.33. The zero-order valence-electron chi connectivity index (χ0n) is 10.9. The molecule has 16 heavy (non-hydrogen) atoms. The Balaban J connectivity index is 1.92. The maximum absolute atomic E-state index is 3.76. The Kier molecular flexibility index (Phi) is 4.57. The number of hydrogen-bond donors (Lipinski definition) is 1. The molecule has 2 aliphatic rings. The number of nitrogens with one attached hydrogen (secondary N) is 1. The van der Waals surface area contributed by atoms with Gasteiger partial charge in [0.25, 0.3) is 0 Å². The zero-order chi connectivity index (χ0) is 11.5. The van der Waals surface area contributed by atoms with E-state index < -0.39 is 0 Å². The quantitative estimate of drug-likeness (QED) is 0.796. The summed E-state index contributed by atoms with van der Waals surface area (Å²) in [6.07, 6.45) is 6.42. The monoisotopic (exact) mass is 242 g/mol. The number of hydrogen-bond acceptors (Lipinski definition) is 3. The lowest BCUT2D eigenvalue weighted by molar-refractivity contribution is 0.0899. The standard InChI is InChI=1S/C13H26N2S/c1-4-12-7-14-13(11-5-6-11)8-15(12)10(2)9-16-3/h10-14H,4-9H2,1-3H3. The lowest BCUT2D eigenvalue weighted by Crippen LogP contribution is -2.59. The highest BCUT2D eigenvalue weighted by Gasteiger charge is 2.37. The predicted molar refractivity (Wildman–Crippen MR) is 73.1 cm³/mol. The summed E-state index contributed by atoms with van der Waals surface area (Å²) in [4.78, 5) is 2.76. The highest BCUT2D eigenvalue weighted by molar-refractivity contribution is 7.98. The molecule has 94 valence electrons. The van der Waals surface area contributed by atoms with Crippen LogP contribution < -0.4 is 5.32 Å². The van der Waals surface area contributed by atoms with E-state index in [2.05, 4.69) is 30.3 Å². The van der Waals surface area contributed by atoms with E-state index in [-0.39, 0.29) is 0 Å². The van der Waals surface area contributed by atoms with Gasteiger partial charge in [-0.15, -0.1) is 0 Å². The third kappa shape index (κ3) is 2.93. The molecule has 3 heteroatoms. The molecule has 3 unspecified atom stereocenters. The average Bonchev–Trinajstić information content (AvgIpc) is 3.12. The Hall–Kier alpha value is 0.270. The molecule has 0 aromatic rings. The zero-order valence-corrected chi connectivity index (χ0v) is 11.7. The fraction of sp³-hybridized carbons (Fsp3) is 1.00. The van der Waals surface area contributed by atoms with Crippen molar-refractivity contribution in [3.8, 4) is 0 Å². The van der Waals surface area contributed by atoms with Gasteiger partial charge in [-0.05, 0) is 38.4 Å². The minimum Gasteiger partial charge on any atom is -0.311 e. The van der Waals surface area contributed by atoms with E-state index >= 15 is 0 Å². The Morgan fingerprint density at radius 3 is 2.75 bits per heavy atom. The summed E-state index contributed by atoms with van der Waals surface area (Å²) in [6.45, 7) is 7.21. The smallest absolute Gasteiger partial charge is 0.0224 e. The van der Waals surface area contributed by atoms with E-state index in [0.29, 0.717) is 0 Å². The first-order chi connectivity index (χ1) is 7.76. The van der Waals surface area contributed by atoms with Crippen LogP contribution in [0.5, 0.6) is 0 Å². The van der Waals surface area contributed by atoms with Crippen molar-refractivity contribution < 1.29 is 0 Å². The van der Waals surface area contributed by atoms with Gasteiger partial charge in [0.05, 0.1) is 0 Å². The number of nitrogens with zero attached hydrogens (tertiary/aromatic N) is 1. The first-order valence-electron chi connectivity index (χ1n) is 6.74. The van der Waals surface area contributed by atoms with Gasteiger partial charge in [-0.25, -0.2) is 0 Å². The molecule has 2 fully saturated rings. The molecule has 1 aliphatic heterocycles. The van der Waals surface area contributed by atoms with Crippen LogP contribution in [-0.4, -0.2) is 48.1 Å². The molecule has 0 aromatic carbocycles. The van der Waals surface area contributed by atoms with E-state index in [1.54, 1.807) is 0 Å². The van der Waals surface area contributed by atoms with Crippen LogP contribution in [0.25, 0.3) is 0 Å². The van der Waals surface area contributed by atoms with Gasteiger partial charge in [-0.2, -0.15) is 11.8 Å². The minimum absolute atomic E-state index is 0.739. The largest absolute Gasteiger partial charge is 0.311 e. The predicted octanol–water partition coefficient (Wildman–Crippen LogP) is 2.20. The summed E-state index contributed by atoms with van der Waals surface area (Å²) in [7, 11) is 0. The van der Waals surface area contributed by atoms with E-state index in [0.717, 1.165) is 24.0 Å². The van der Waals surface area contributed by atoms with Crippen LogP contribution in [0.3, 0.4) is 0 Å². The van der Waals surface area contributed by atoms with Crippen LogP contribution >= 0.6 is 11.8 Å². The average molecular weight is 242 g/mol. The summed E-state index contributed by atoms with van der Waals surface area (Å²) in [5.74, 6) is 2.26. The number of rotatable bonds is 5.